The number of piperidine rings is 1. The number of carbonyl (C=O) groups excluding carboxylic acids is 1. The first-order valence-corrected chi connectivity index (χ1v) is 13.9. The fraction of sp³-hybridized carbons (Fsp3) is 0.600. The largest absolute Gasteiger partial charge is 0.390 e. The Labute approximate surface area is 219 Å². The highest BCUT2D eigenvalue weighted by Crippen LogP contribution is 2.59. The highest BCUT2D eigenvalue weighted by Gasteiger charge is 2.61. The summed E-state index contributed by atoms with van der Waals surface area (Å²) in [6, 6.07) is 11.4. The number of aliphatic hydroxyl groups is 1. The molecule has 6 rings (SSSR count). The second-order valence-corrected chi connectivity index (χ2v) is 12.4. The van der Waals surface area contributed by atoms with Crippen molar-refractivity contribution in [2.24, 2.45) is 11.3 Å². The van der Waals surface area contributed by atoms with E-state index >= 15 is 0 Å². The van der Waals surface area contributed by atoms with E-state index in [0.717, 1.165) is 68.9 Å². The van der Waals surface area contributed by atoms with Crippen LogP contribution in [0.25, 0.3) is 11.1 Å². The summed E-state index contributed by atoms with van der Waals surface area (Å²) in [6.07, 6.45) is 8.22. The van der Waals surface area contributed by atoms with Crippen LogP contribution in [0.1, 0.15) is 68.3 Å². The maximum atomic E-state index is 13.1. The molecule has 4 fully saturated rings. The van der Waals surface area contributed by atoms with Crippen molar-refractivity contribution in [1.82, 2.24) is 15.2 Å². The number of carbonyl (C=O) groups is 1. The molecule has 2 atom stereocenters. The number of anilines is 1. The Kier molecular flexibility index (Phi) is 6.09. The van der Waals surface area contributed by atoms with Gasteiger partial charge in [0, 0.05) is 61.5 Å². The number of rotatable bonds is 7. The van der Waals surface area contributed by atoms with Gasteiger partial charge in [-0.3, -0.25) is 9.69 Å². The van der Waals surface area contributed by atoms with E-state index in [9.17, 15) is 9.90 Å². The fourth-order valence-electron chi connectivity index (χ4n) is 7.06. The Bertz CT molecular complexity index is 1160. The Morgan fingerprint density at radius 1 is 1.22 bits per heavy atom. The number of likely N-dealkylation sites (tertiary alicyclic amines) is 1. The number of hydrogen-bond donors (Lipinski definition) is 3. The average molecular weight is 505 g/mol. The first kappa shape index (κ1) is 24.8. The summed E-state index contributed by atoms with van der Waals surface area (Å²) < 4.78 is 5.57. The molecule has 1 aromatic heterocycles. The predicted molar refractivity (Wildman–Crippen MR) is 144 cm³/mol. The third-order valence-electron chi connectivity index (χ3n) is 10.0. The molecule has 7 heteroatoms. The van der Waals surface area contributed by atoms with Gasteiger partial charge >= 0.3 is 0 Å². The number of nitrogens with zero attached hydrogens (tertiary/aromatic N) is 2. The summed E-state index contributed by atoms with van der Waals surface area (Å²) in [5, 5.41) is 13.6. The topological polar surface area (TPSA) is 101 Å². The molecule has 0 radical (unpaired) electrons. The van der Waals surface area contributed by atoms with Gasteiger partial charge in [-0.05, 0) is 69.1 Å². The minimum atomic E-state index is -0.840. The summed E-state index contributed by atoms with van der Waals surface area (Å²) in [4.78, 5) is 20.1. The molecule has 4 N–H and O–H groups in total. The molecule has 4 aliphatic rings. The van der Waals surface area contributed by atoms with E-state index in [4.69, 9.17) is 10.5 Å². The molecule has 1 amide bonds. The molecule has 1 aromatic carbocycles. The van der Waals surface area contributed by atoms with Crippen molar-refractivity contribution >= 4 is 11.7 Å². The maximum absolute atomic E-state index is 13.1. The number of aromatic nitrogens is 1. The van der Waals surface area contributed by atoms with E-state index in [1.54, 1.807) is 6.20 Å². The monoisotopic (exact) mass is 504 g/mol. The van der Waals surface area contributed by atoms with Crippen molar-refractivity contribution in [2.45, 2.75) is 69.4 Å². The van der Waals surface area contributed by atoms with Gasteiger partial charge in [0.15, 0.2) is 0 Å². The van der Waals surface area contributed by atoms with Crippen LogP contribution in [0.4, 0.5) is 5.82 Å². The van der Waals surface area contributed by atoms with Gasteiger partial charge < -0.3 is 20.9 Å². The van der Waals surface area contributed by atoms with E-state index in [1.807, 2.05) is 19.9 Å². The van der Waals surface area contributed by atoms with Crippen LogP contribution in [0.5, 0.6) is 0 Å². The summed E-state index contributed by atoms with van der Waals surface area (Å²) in [5.41, 5.74) is 9.02. The number of nitrogens with two attached hydrogens (primary N) is 1. The first-order chi connectivity index (χ1) is 17.7. The lowest BCUT2D eigenvalue weighted by atomic mass is 9.59. The summed E-state index contributed by atoms with van der Waals surface area (Å²) in [5.74, 6) is 0.748. The molecule has 2 aromatic rings. The lowest BCUT2D eigenvalue weighted by Gasteiger charge is -2.50. The maximum Gasteiger partial charge on any atom is 0.255 e. The van der Waals surface area contributed by atoms with Crippen LogP contribution in [0.15, 0.2) is 36.5 Å². The lowest BCUT2D eigenvalue weighted by Crippen LogP contribution is -2.55. The molecule has 3 heterocycles. The smallest absolute Gasteiger partial charge is 0.255 e. The summed E-state index contributed by atoms with van der Waals surface area (Å²) >= 11 is 0. The van der Waals surface area contributed by atoms with Crippen molar-refractivity contribution < 1.29 is 14.6 Å². The second kappa shape index (κ2) is 9.07. The fourth-order valence-corrected chi connectivity index (χ4v) is 7.06. The van der Waals surface area contributed by atoms with E-state index in [0.29, 0.717) is 23.6 Å². The highest BCUT2D eigenvalue weighted by molar-refractivity contribution is 5.99. The van der Waals surface area contributed by atoms with Gasteiger partial charge in [0.1, 0.15) is 5.82 Å². The van der Waals surface area contributed by atoms with Crippen LogP contribution in [-0.4, -0.2) is 65.4 Å². The van der Waals surface area contributed by atoms with Gasteiger partial charge in [0.25, 0.3) is 5.91 Å². The van der Waals surface area contributed by atoms with E-state index < -0.39 is 5.60 Å². The van der Waals surface area contributed by atoms with Crippen molar-refractivity contribution in [3.63, 3.8) is 0 Å². The molecule has 2 aliphatic heterocycles. The van der Waals surface area contributed by atoms with E-state index in [-0.39, 0.29) is 17.1 Å². The predicted octanol–water partition coefficient (Wildman–Crippen LogP) is 3.75. The Hall–Kier alpha value is -2.48. The molecule has 37 heavy (non-hydrogen) atoms. The van der Waals surface area contributed by atoms with Gasteiger partial charge in [0.05, 0.1) is 11.2 Å². The summed E-state index contributed by atoms with van der Waals surface area (Å²) in [7, 11) is 0. The van der Waals surface area contributed by atoms with Gasteiger partial charge in [-0.15, -0.1) is 0 Å². The molecular formula is C30H40N4O3. The number of pyridine rings is 1. The molecule has 0 unspecified atom stereocenters. The first-order valence-electron chi connectivity index (χ1n) is 13.9. The zero-order valence-corrected chi connectivity index (χ0v) is 22.1. The number of nitrogen functional groups attached to an aromatic ring is 1. The zero-order chi connectivity index (χ0) is 25.8. The summed E-state index contributed by atoms with van der Waals surface area (Å²) in [6.45, 7) is 8.24. The molecule has 7 nitrogen and oxygen atoms in total. The third-order valence-corrected chi connectivity index (χ3v) is 10.0. The minimum absolute atomic E-state index is 0.225. The SMILES string of the molecule is CC(C)(O)C1(CNC(=O)c2cc(-c3ccc([C@@]45C[C@@H]4CN(C4CCOCC4)C5)cc3)cnc2N)CCC1. The molecule has 0 spiro atoms. The Balaban J connectivity index is 1.14. The molecule has 198 valence electrons. The second-order valence-electron chi connectivity index (χ2n) is 12.4. The van der Waals surface area contributed by atoms with Gasteiger partial charge in [0.2, 0.25) is 0 Å². The quantitative estimate of drug-likeness (QED) is 0.531. The van der Waals surface area contributed by atoms with Crippen LogP contribution >= 0.6 is 0 Å². The number of hydrogen-bond acceptors (Lipinski definition) is 6. The van der Waals surface area contributed by atoms with Crippen molar-refractivity contribution in [3.8, 4) is 11.1 Å². The van der Waals surface area contributed by atoms with E-state index in [1.165, 1.54) is 18.5 Å². The van der Waals surface area contributed by atoms with Gasteiger partial charge in [-0.25, -0.2) is 4.98 Å². The van der Waals surface area contributed by atoms with Gasteiger partial charge in [-0.1, -0.05) is 30.7 Å². The molecule has 2 aliphatic carbocycles. The molecular weight excluding hydrogens is 464 g/mol. The lowest BCUT2D eigenvalue weighted by molar-refractivity contribution is -0.0994. The van der Waals surface area contributed by atoms with E-state index in [2.05, 4.69) is 39.5 Å². The normalized spacial score (nSPS) is 27.4. The number of fused-ring (bicyclic) bond motifs is 1. The number of amides is 1. The zero-order valence-electron chi connectivity index (χ0n) is 22.1. The molecule has 0 bridgehead atoms. The molecule has 2 saturated heterocycles. The number of nitrogens with one attached hydrogen (secondary N) is 1. The average Bonchev–Trinajstić information content (AvgIpc) is 3.43. The van der Waals surface area contributed by atoms with Crippen molar-refractivity contribution in [3.05, 3.63) is 47.7 Å². The Morgan fingerprint density at radius 2 is 1.95 bits per heavy atom. The van der Waals surface area contributed by atoms with Crippen LogP contribution < -0.4 is 11.1 Å². The van der Waals surface area contributed by atoms with Crippen LogP contribution in [0, 0.1) is 11.3 Å². The van der Waals surface area contributed by atoms with Crippen LogP contribution in [0.2, 0.25) is 0 Å². The minimum Gasteiger partial charge on any atom is -0.390 e. The standard InChI is InChI=1S/C30H40N4O3/c1-28(2,36)29(10-3-11-29)18-33-27(35)25-14-21(16-32-26(25)31)20-4-6-22(7-5-20)30-15-23(30)17-34(19-30)24-8-12-37-13-9-24/h4-7,14,16,23-24,36H,3,8-13,15,17-19H2,1-2H3,(H2,31,32)(H,33,35)/t23-,30+/m1/s1. The third kappa shape index (κ3) is 4.35. The highest BCUT2D eigenvalue weighted by atomic mass is 16.5. The molecule has 2 saturated carbocycles. The van der Waals surface area contributed by atoms with Crippen molar-refractivity contribution in [2.75, 3.05) is 38.6 Å². The van der Waals surface area contributed by atoms with Gasteiger partial charge in [-0.2, -0.15) is 0 Å². The van der Waals surface area contributed by atoms with Crippen LogP contribution in [-0.2, 0) is 10.2 Å². The number of ether oxygens (including phenoxy) is 1. The van der Waals surface area contributed by atoms with Crippen molar-refractivity contribution in [1.29, 1.82) is 0 Å². The Morgan fingerprint density at radius 3 is 2.59 bits per heavy atom. The number of benzene rings is 1. The van der Waals surface area contributed by atoms with Crippen LogP contribution in [0.3, 0.4) is 0 Å².